The minimum Gasteiger partial charge on any atom is -0.467 e. The molecule has 3 heterocycles. The molecule has 0 aliphatic heterocycles. The van der Waals surface area contributed by atoms with Crippen LogP contribution in [0.5, 0.6) is 6.01 Å². The molecule has 4 rings (SSSR count). The Morgan fingerprint density at radius 1 is 1.03 bits per heavy atom. The van der Waals surface area contributed by atoms with E-state index < -0.39 is 6.10 Å². The first-order chi connectivity index (χ1) is 16.4. The number of methoxy groups -OCH3 is 1. The summed E-state index contributed by atoms with van der Waals surface area (Å²) < 4.78 is 7.36. The van der Waals surface area contributed by atoms with E-state index in [2.05, 4.69) is 68.9 Å². The summed E-state index contributed by atoms with van der Waals surface area (Å²) in [4.78, 5) is 13.9. The number of ether oxygens (including phenoxy) is 1. The van der Waals surface area contributed by atoms with E-state index >= 15 is 0 Å². The third-order valence-electron chi connectivity index (χ3n) is 6.81. The number of hydrogen-bond donors (Lipinski definition) is 1. The predicted molar refractivity (Wildman–Crippen MR) is 137 cm³/mol. The highest BCUT2D eigenvalue weighted by molar-refractivity contribution is 5.89. The molecule has 1 aromatic carbocycles. The average Bonchev–Trinajstić information content (AvgIpc) is 3.23. The van der Waals surface area contributed by atoms with Crippen LogP contribution in [0, 0.1) is 19.8 Å². The molecule has 178 valence electrons. The van der Waals surface area contributed by atoms with Crippen LogP contribution in [-0.4, -0.2) is 31.7 Å². The molecule has 0 amide bonds. The number of benzene rings is 1. The Balaban J connectivity index is 1.99. The van der Waals surface area contributed by atoms with Crippen LogP contribution < -0.4 is 4.74 Å². The lowest BCUT2D eigenvalue weighted by molar-refractivity contribution is 0.104. The van der Waals surface area contributed by atoms with Crippen molar-refractivity contribution in [1.29, 1.82) is 0 Å². The SMILES string of the molecule is CCc1cc(-n2cc(C(O)C(CC)CC)c3cc(-c4c(C)cccc4C)ncc32)nc(OC)n1. The molecular weight excluding hydrogens is 424 g/mol. The summed E-state index contributed by atoms with van der Waals surface area (Å²) in [5.41, 5.74) is 7.10. The average molecular weight is 459 g/mol. The zero-order valence-electron chi connectivity index (χ0n) is 21.0. The van der Waals surface area contributed by atoms with Gasteiger partial charge in [0.2, 0.25) is 0 Å². The van der Waals surface area contributed by atoms with Gasteiger partial charge in [-0.25, -0.2) is 4.98 Å². The third kappa shape index (κ3) is 4.30. The van der Waals surface area contributed by atoms with Gasteiger partial charge < -0.3 is 9.84 Å². The van der Waals surface area contributed by atoms with E-state index in [9.17, 15) is 5.11 Å². The number of aliphatic hydroxyl groups excluding tert-OH is 1. The fourth-order valence-electron chi connectivity index (χ4n) is 4.77. The molecule has 0 fully saturated rings. The van der Waals surface area contributed by atoms with E-state index in [0.29, 0.717) is 11.8 Å². The molecule has 0 radical (unpaired) electrons. The van der Waals surface area contributed by atoms with Crippen molar-refractivity contribution in [2.75, 3.05) is 7.11 Å². The van der Waals surface area contributed by atoms with E-state index in [1.807, 2.05) is 23.0 Å². The van der Waals surface area contributed by atoms with Crippen LogP contribution in [0.4, 0.5) is 0 Å². The van der Waals surface area contributed by atoms with Crippen LogP contribution in [-0.2, 0) is 6.42 Å². The summed E-state index contributed by atoms with van der Waals surface area (Å²) >= 11 is 0. The molecule has 0 saturated carbocycles. The van der Waals surface area contributed by atoms with E-state index in [1.165, 1.54) is 11.1 Å². The minimum absolute atomic E-state index is 0.169. The number of rotatable bonds is 8. The summed E-state index contributed by atoms with van der Waals surface area (Å²) in [6.07, 6.45) is 5.89. The van der Waals surface area contributed by atoms with E-state index in [4.69, 9.17) is 9.72 Å². The zero-order chi connectivity index (χ0) is 24.4. The molecule has 6 heteroatoms. The molecule has 0 spiro atoms. The summed E-state index contributed by atoms with van der Waals surface area (Å²) in [5, 5.41) is 12.4. The second-order valence-electron chi connectivity index (χ2n) is 8.89. The number of nitrogens with zero attached hydrogens (tertiary/aromatic N) is 4. The maximum atomic E-state index is 11.4. The highest BCUT2D eigenvalue weighted by atomic mass is 16.5. The van der Waals surface area contributed by atoms with Gasteiger partial charge in [0.25, 0.3) is 0 Å². The molecule has 1 atom stereocenters. The normalized spacial score (nSPS) is 12.5. The Bertz CT molecular complexity index is 1270. The fraction of sp³-hybridized carbons (Fsp3) is 0.393. The molecule has 1 unspecified atom stereocenters. The number of aryl methyl sites for hydroxylation is 3. The Hall–Kier alpha value is -3.25. The summed E-state index contributed by atoms with van der Waals surface area (Å²) in [6, 6.07) is 10.7. The lowest BCUT2D eigenvalue weighted by Gasteiger charge is -2.19. The molecule has 0 aliphatic rings. The van der Waals surface area contributed by atoms with Gasteiger partial charge in [0, 0.05) is 34.5 Å². The van der Waals surface area contributed by atoms with Crippen molar-refractivity contribution in [3.63, 3.8) is 0 Å². The van der Waals surface area contributed by atoms with Crippen LogP contribution in [0.25, 0.3) is 28.0 Å². The van der Waals surface area contributed by atoms with Crippen LogP contribution in [0.15, 0.2) is 42.7 Å². The Morgan fingerprint density at radius 2 is 1.74 bits per heavy atom. The molecule has 6 nitrogen and oxygen atoms in total. The maximum Gasteiger partial charge on any atom is 0.318 e. The van der Waals surface area contributed by atoms with Gasteiger partial charge in [0.05, 0.1) is 30.6 Å². The summed E-state index contributed by atoms with van der Waals surface area (Å²) in [6.45, 7) is 10.5. The van der Waals surface area contributed by atoms with Gasteiger partial charge >= 0.3 is 6.01 Å². The minimum atomic E-state index is -0.582. The molecule has 0 bridgehead atoms. The van der Waals surface area contributed by atoms with E-state index in [0.717, 1.165) is 52.7 Å². The smallest absolute Gasteiger partial charge is 0.318 e. The first kappa shape index (κ1) is 23.9. The van der Waals surface area contributed by atoms with Crippen LogP contribution in [0.1, 0.15) is 62.1 Å². The first-order valence-electron chi connectivity index (χ1n) is 12.1. The van der Waals surface area contributed by atoms with Crippen LogP contribution >= 0.6 is 0 Å². The van der Waals surface area contributed by atoms with Crippen molar-refractivity contribution in [2.24, 2.45) is 5.92 Å². The highest BCUT2D eigenvalue weighted by Gasteiger charge is 2.24. The van der Waals surface area contributed by atoms with Gasteiger partial charge in [-0.05, 0) is 43.4 Å². The number of hydrogen-bond acceptors (Lipinski definition) is 5. The molecule has 0 aliphatic carbocycles. The van der Waals surface area contributed by atoms with Gasteiger partial charge in [-0.3, -0.25) is 9.55 Å². The standard InChI is InChI=1S/C28H34N4O2/c1-7-19(8-2)27(33)22-16-32(25-13-20(9-3)30-28(31-25)34-6)24-15-29-23(14-21(22)24)26-17(4)11-10-12-18(26)5/h10-16,19,27,33H,7-9H2,1-6H3. The lowest BCUT2D eigenvalue weighted by atomic mass is 9.91. The third-order valence-corrected chi connectivity index (χ3v) is 6.81. The van der Waals surface area contributed by atoms with Crippen molar-refractivity contribution in [3.8, 4) is 23.1 Å². The van der Waals surface area contributed by atoms with E-state index in [1.54, 1.807) is 7.11 Å². The zero-order valence-corrected chi connectivity index (χ0v) is 21.0. The number of aliphatic hydroxyl groups is 1. The van der Waals surface area contributed by atoms with Crippen molar-refractivity contribution in [3.05, 3.63) is 65.1 Å². The van der Waals surface area contributed by atoms with Gasteiger partial charge in [-0.1, -0.05) is 51.8 Å². The second-order valence-corrected chi connectivity index (χ2v) is 8.89. The molecule has 0 saturated heterocycles. The van der Waals surface area contributed by atoms with Gasteiger partial charge in [0.15, 0.2) is 0 Å². The van der Waals surface area contributed by atoms with Crippen LogP contribution in [0.3, 0.4) is 0 Å². The lowest BCUT2D eigenvalue weighted by Crippen LogP contribution is -2.10. The largest absolute Gasteiger partial charge is 0.467 e. The van der Waals surface area contributed by atoms with Crippen molar-refractivity contribution >= 4 is 10.9 Å². The summed E-state index contributed by atoms with van der Waals surface area (Å²) in [7, 11) is 1.58. The molecular formula is C28H34N4O2. The van der Waals surface area contributed by atoms with Crippen molar-refractivity contribution < 1.29 is 9.84 Å². The second kappa shape index (κ2) is 9.94. The molecule has 34 heavy (non-hydrogen) atoms. The maximum absolute atomic E-state index is 11.4. The predicted octanol–water partition coefficient (Wildman–Crippen LogP) is 6.14. The first-order valence-corrected chi connectivity index (χ1v) is 12.1. The molecule has 3 aromatic heterocycles. The monoisotopic (exact) mass is 458 g/mol. The fourth-order valence-corrected chi connectivity index (χ4v) is 4.77. The Kier molecular flexibility index (Phi) is 6.98. The Labute approximate surface area is 201 Å². The van der Waals surface area contributed by atoms with Crippen molar-refractivity contribution in [1.82, 2.24) is 19.5 Å². The number of aromatic nitrogens is 4. The topological polar surface area (TPSA) is 73.1 Å². The van der Waals surface area contributed by atoms with E-state index in [-0.39, 0.29) is 5.92 Å². The number of pyridine rings is 1. The highest BCUT2D eigenvalue weighted by Crippen LogP contribution is 2.37. The summed E-state index contributed by atoms with van der Waals surface area (Å²) in [5.74, 6) is 0.875. The van der Waals surface area contributed by atoms with Gasteiger partial charge in [0.1, 0.15) is 5.82 Å². The van der Waals surface area contributed by atoms with Crippen molar-refractivity contribution in [2.45, 2.75) is 60.0 Å². The number of fused-ring (bicyclic) bond motifs is 1. The van der Waals surface area contributed by atoms with Gasteiger partial charge in [-0.2, -0.15) is 4.98 Å². The molecule has 4 aromatic rings. The molecule has 1 N–H and O–H groups in total. The van der Waals surface area contributed by atoms with Crippen LogP contribution in [0.2, 0.25) is 0 Å². The Morgan fingerprint density at radius 3 is 2.35 bits per heavy atom. The quantitative estimate of drug-likeness (QED) is 0.343. The van der Waals surface area contributed by atoms with Gasteiger partial charge in [-0.15, -0.1) is 0 Å².